The molecule has 0 saturated heterocycles. The molecule has 72 valence electrons. The molecule has 0 saturated carbocycles. The zero-order valence-electron chi connectivity index (χ0n) is 7.12. The lowest BCUT2D eigenvalue weighted by atomic mass is 10.3. The molecule has 0 fully saturated rings. The van der Waals surface area contributed by atoms with Gasteiger partial charge in [0.2, 0.25) is 5.95 Å². The molecule has 1 heterocycles. The van der Waals surface area contributed by atoms with E-state index in [2.05, 4.69) is 22.1 Å². The van der Waals surface area contributed by atoms with Crippen LogP contribution < -0.4 is 5.32 Å². The summed E-state index contributed by atoms with van der Waals surface area (Å²) in [6.07, 6.45) is 0.153. The Morgan fingerprint density at radius 3 is 3.00 bits per heavy atom. The number of pyridine rings is 1. The predicted octanol–water partition coefficient (Wildman–Crippen LogP) is 0.840. The standard InChI is InChI=1S/C9H7FN2O2/c10-8-4-3-7(6-12-8)2-1-5-11-9(13)14/h3-4,6,11H,5H2,(H,13,14). The quantitative estimate of drug-likeness (QED) is 0.514. The fourth-order valence-corrected chi connectivity index (χ4v) is 0.716. The van der Waals surface area contributed by atoms with Gasteiger partial charge in [-0.1, -0.05) is 11.8 Å². The highest BCUT2D eigenvalue weighted by Crippen LogP contribution is 1.95. The summed E-state index contributed by atoms with van der Waals surface area (Å²) in [5.41, 5.74) is 0.540. The highest BCUT2D eigenvalue weighted by Gasteiger charge is 1.90. The Hall–Kier alpha value is -2.09. The highest BCUT2D eigenvalue weighted by atomic mass is 19.1. The van der Waals surface area contributed by atoms with E-state index < -0.39 is 12.0 Å². The smallest absolute Gasteiger partial charge is 0.405 e. The van der Waals surface area contributed by atoms with Crippen molar-refractivity contribution in [3.8, 4) is 11.8 Å². The number of nitrogens with zero attached hydrogens (tertiary/aromatic N) is 1. The minimum Gasteiger partial charge on any atom is -0.465 e. The molecule has 0 aliphatic heterocycles. The average Bonchev–Trinajstić information content (AvgIpc) is 2.15. The second-order valence-electron chi connectivity index (χ2n) is 2.33. The molecule has 5 heteroatoms. The number of hydrogen-bond acceptors (Lipinski definition) is 2. The molecule has 1 aromatic heterocycles. The SMILES string of the molecule is O=C(O)NCC#Cc1ccc(F)nc1. The Bertz CT molecular complexity index is 378. The fourth-order valence-electron chi connectivity index (χ4n) is 0.716. The molecule has 4 nitrogen and oxygen atoms in total. The Balaban J connectivity index is 2.51. The van der Waals surface area contributed by atoms with Gasteiger partial charge >= 0.3 is 6.09 Å². The normalized spacial score (nSPS) is 8.64. The summed E-state index contributed by atoms with van der Waals surface area (Å²) >= 11 is 0. The van der Waals surface area contributed by atoms with Crippen LogP contribution in [0.4, 0.5) is 9.18 Å². The maximum absolute atomic E-state index is 12.3. The van der Waals surface area contributed by atoms with Gasteiger partial charge in [-0.05, 0) is 12.1 Å². The first-order valence-corrected chi connectivity index (χ1v) is 3.75. The van der Waals surface area contributed by atoms with Crippen molar-refractivity contribution < 1.29 is 14.3 Å². The van der Waals surface area contributed by atoms with E-state index in [1.54, 1.807) is 0 Å². The van der Waals surface area contributed by atoms with Gasteiger partial charge in [-0.25, -0.2) is 9.78 Å². The third kappa shape index (κ3) is 3.54. The summed E-state index contributed by atoms with van der Waals surface area (Å²) in [5, 5.41) is 10.3. The maximum atomic E-state index is 12.3. The van der Waals surface area contributed by atoms with Crippen LogP contribution in [0.1, 0.15) is 5.56 Å². The number of hydrogen-bond donors (Lipinski definition) is 2. The van der Waals surface area contributed by atoms with Crippen LogP contribution in [0.15, 0.2) is 18.3 Å². The second kappa shape index (κ2) is 4.82. The minimum absolute atomic E-state index is 0.0344. The van der Waals surface area contributed by atoms with Gasteiger partial charge in [0.1, 0.15) is 0 Å². The van der Waals surface area contributed by atoms with E-state index in [1.807, 2.05) is 0 Å². The summed E-state index contributed by atoms with van der Waals surface area (Å²) in [4.78, 5) is 13.4. The summed E-state index contributed by atoms with van der Waals surface area (Å²) in [6, 6.07) is 2.66. The number of aromatic nitrogens is 1. The minimum atomic E-state index is -1.13. The zero-order chi connectivity index (χ0) is 10.4. The molecule has 1 rings (SSSR count). The van der Waals surface area contributed by atoms with Crippen LogP contribution >= 0.6 is 0 Å². The van der Waals surface area contributed by atoms with Crippen LogP contribution in [0.2, 0.25) is 0 Å². The Morgan fingerprint density at radius 1 is 1.64 bits per heavy atom. The van der Waals surface area contributed by atoms with Crippen molar-refractivity contribution in [2.45, 2.75) is 0 Å². The monoisotopic (exact) mass is 194 g/mol. The van der Waals surface area contributed by atoms with E-state index in [0.29, 0.717) is 5.56 Å². The Labute approximate surface area is 79.8 Å². The first-order chi connectivity index (χ1) is 6.68. The van der Waals surface area contributed by atoms with E-state index in [0.717, 1.165) is 0 Å². The van der Waals surface area contributed by atoms with Gasteiger partial charge in [-0.2, -0.15) is 4.39 Å². The molecule has 1 amide bonds. The molecular weight excluding hydrogens is 187 g/mol. The summed E-state index contributed by atoms with van der Waals surface area (Å²) in [6.45, 7) is 0.0344. The van der Waals surface area contributed by atoms with Crippen molar-refractivity contribution in [1.29, 1.82) is 0 Å². The van der Waals surface area contributed by atoms with Crippen molar-refractivity contribution >= 4 is 6.09 Å². The van der Waals surface area contributed by atoms with Gasteiger partial charge in [-0.15, -0.1) is 0 Å². The molecule has 0 spiro atoms. The molecule has 0 radical (unpaired) electrons. The average molecular weight is 194 g/mol. The van der Waals surface area contributed by atoms with Gasteiger partial charge in [0, 0.05) is 11.8 Å². The van der Waals surface area contributed by atoms with E-state index in [4.69, 9.17) is 5.11 Å². The summed E-state index contributed by atoms with van der Waals surface area (Å²) in [5.74, 6) is 4.60. The number of amides is 1. The Kier molecular flexibility index (Phi) is 3.44. The largest absolute Gasteiger partial charge is 0.465 e. The van der Waals surface area contributed by atoms with Crippen LogP contribution in [0, 0.1) is 17.8 Å². The number of nitrogens with one attached hydrogen (secondary N) is 1. The molecule has 0 aliphatic carbocycles. The van der Waals surface area contributed by atoms with E-state index in [9.17, 15) is 9.18 Å². The number of rotatable bonds is 1. The zero-order valence-corrected chi connectivity index (χ0v) is 7.12. The van der Waals surface area contributed by atoms with Crippen LogP contribution in [0.25, 0.3) is 0 Å². The van der Waals surface area contributed by atoms with E-state index in [1.165, 1.54) is 18.3 Å². The highest BCUT2D eigenvalue weighted by molar-refractivity contribution is 5.64. The molecule has 14 heavy (non-hydrogen) atoms. The second-order valence-corrected chi connectivity index (χ2v) is 2.33. The van der Waals surface area contributed by atoms with Crippen molar-refractivity contribution in [3.63, 3.8) is 0 Å². The number of halogens is 1. The molecule has 0 bridgehead atoms. The van der Waals surface area contributed by atoms with E-state index in [-0.39, 0.29) is 6.54 Å². The summed E-state index contributed by atoms with van der Waals surface area (Å²) < 4.78 is 12.3. The van der Waals surface area contributed by atoms with Gasteiger partial charge in [0.25, 0.3) is 0 Å². The van der Waals surface area contributed by atoms with Gasteiger partial charge in [0.05, 0.1) is 6.54 Å². The van der Waals surface area contributed by atoms with Crippen LogP contribution in [-0.4, -0.2) is 22.7 Å². The van der Waals surface area contributed by atoms with Gasteiger partial charge in [-0.3, -0.25) is 0 Å². The lowest BCUT2D eigenvalue weighted by Gasteiger charge is -1.90. The van der Waals surface area contributed by atoms with Crippen LogP contribution in [0.5, 0.6) is 0 Å². The molecular formula is C9H7FN2O2. The molecule has 0 unspecified atom stereocenters. The maximum Gasteiger partial charge on any atom is 0.405 e. The van der Waals surface area contributed by atoms with Crippen molar-refractivity contribution in [1.82, 2.24) is 10.3 Å². The number of carbonyl (C=O) groups is 1. The van der Waals surface area contributed by atoms with Crippen LogP contribution in [0.3, 0.4) is 0 Å². The topological polar surface area (TPSA) is 62.2 Å². The third-order valence-corrected chi connectivity index (χ3v) is 1.29. The summed E-state index contributed by atoms with van der Waals surface area (Å²) in [7, 11) is 0. The van der Waals surface area contributed by atoms with Gasteiger partial charge < -0.3 is 10.4 Å². The lowest BCUT2D eigenvalue weighted by Crippen LogP contribution is -2.20. The number of carboxylic acid groups (broad SMARTS) is 1. The van der Waals surface area contributed by atoms with E-state index >= 15 is 0 Å². The lowest BCUT2D eigenvalue weighted by molar-refractivity contribution is 0.196. The molecule has 2 N–H and O–H groups in total. The van der Waals surface area contributed by atoms with Crippen LogP contribution in [-0.2, 0) is 0 Å². The first-order valence-electron chi connectivity index (χ1n) is 3.75. The third-order valence-electron chi connectivity index (χ3n) is 1.29. The molecule has 0 atom stereocenters. The van der Waals surface area contributed by atoms with Crippen molar-refractivity contribution in [3.05, 3.63) is 29.8 Å². The van der Waals surface area contributed by atoms with Crippen molar-refractivity contribution in [2.75, 3.05) is 6.54 Å². The Morgan fingerprint density at radius 2 is 2.43 bits per heavy atom. The van der Waals surface area contributed by atoms with Gasteiger partial charge in [0.15, 0.2) is 0 Å². The predicted molar refractivity (Wildman–Crippen MR) is 47.1 cm³/mol. The van der Waals surface area contributed by atoms with Crippen molar-refractivity contribution in [2.24, 2.45) is 0 Å². The molecule has 1 aromatic rings. The first kappa shape index (κ1) is 9.99. The molecule has 0 aliphatic rings. The fraction of sp³-hybridized carbons (Fsp3) is 0.111. The molecule has 0 aromatic carbocycles.